The SMILES string of the molecule is OC1CCC2CCC3CCCNC3C2N1. The third kappa shape index (κ3) is 1.81. The van der Waals surface area contributed by atoms with Crippen molar-refractivity contribution in [1.29, 1.82) is 0 Å². The van der Waals surface area contributed by atoms with Gasteiger partial charge >= 0.3 is 0 Å². The number of fused-ring (bicyclic) bond motifs is 3. The Hall–Kier alpha value is -0.120. The smallest absolute Gasteiger partial charge is 0.105 e. The second kappa shape index (κ2) is 4.04. The number of piperidine rings is 2. The zero-order chi connectivity index (χ0) is 10.3. The van der Waals surface area contributed by atoms with E-state index < -0.39 is 0 Å². The molecule has 0 spiro atoms. The fourth-order valence-corrected chi connectivity index (χ4v) is 3.87. The largest absolute Gasteiger partial charge is 0.379 e. The molecule has 0 aromatic heterocycles. The Balaban J connectivity index is 1.74. The topological polar surface area (TPSA) is 44.3 Å². The molecule has 15 heavy (non-hydrogen) atoms. The molecule has 3 rings (SSSR count). The zero-order valence-corrected chi connectivity index (χ0v) is 9.28. The van der Waals surface area contributed by atoms with Crippen LogP contribution in [-0.4, -0.2) is 30.0 Å². The van der Waals surface area contributed by atoms with Crippen LogP contribution < -0.4 is 10.6 Å². The first-order valence-electron chi connectivity index (χ1n) is 6.52. The molecule has 0 amide bonds. The van der Waals surface area contributed by atoms with E-state index in [4.69, 9.17) is 0 Å². The van der Waals surface area contributed by atoms with Crippen molar-refractivity contribution >= 4 is 0 Å². The number of hydrogen-bond acceptors (Lipinski definition) is 3. The van der Waals surface area contributed by atoms with Crippen molar-refractivity contribution in [2.75, 3.05) is 6.54 Å². The lowest BCUT2D eigenvalue weighted by Crippen LogP contribution is -2.63. The monoisotopic (exact) mass is 210 g/mol. The van der Waals surface area contributed by atoms with Gasteiger partial charge in [-0.25, -0.2) is 0 Å². The maximum atomic E-state index is 9.70. The maximum absolute atomic E-state index is 9.70. The Morgan fingerprint density at radius 1 is 0.867 bits per heavy atom. The van der Waals surface area contributed by atoms with Crippen LogP contribution in [0.1, 0.15) is 38.5 Å². The maximum Gasteiger partial charge on any atom is 0.105 e. The minimum atomic E-state index is -0.256. The predicted octanol–water partition coefficient (Wildman–Crippen LogP) is 0.835. The van der Waals surface area contributed by atoms with E-state index >= 15 is 0 Å². The number of aliphatic hydroxyl groups excluding tert-OH is 1. The number of aliphatic hydroxyl groups is 1. The first-order valence-corrected chi connectivity index (χ1v) is 6.52. The fourth-order valence-electron chi connectivity index (χ4n) is 3.87. The van der Waals surface area contributed by atoms with Gasteiger partial charge in [-0.1, -0.05) is 0 Å². The number of hydrogen-bond donors (Lipinski definition) is 3. The van der Waals surface area contributed by atoms with Gasteiger partial charge in [0.25, 0.3) is 0 Å². The van der Waals surface area contributed by atoms with Crippen LogP contribution >= 0.6 is 0 Å². The van der Waals surface area contributed by atoms with Gasteiger partial charge in [0.1, 0.15) is 6.23 Å². The summed E-state index contributed by atoms with van der Waals surface area (Å²) in [4.78, 5) is 0. The molecule has 5 unspecified atom stereocenters. The Morgan fingerprint density at radius 3 is 2.47 bits per heavy atom. The summed E-state index contributed by atoms with van der Waals surface area (Å²) in [5.74, 6) is 1.66. The van der Waals surface area contributed by atoms with Gasteiger partial charge in [0, 0.05) is 12.1 Å². The van der Waals surface area contributed by atoms with Crippen molar-refractivity contribution in [3.8, 4) is 0 Å². The zero-order valence-electron chi connectivity index (χ0n) is 9.28. The summed E-state index contributed by atoms with van der Waals surface area (Å²) < 4.78 is 0. The van der Waals surface area contributed by atoms with Crippen LogP contribution in [0.3, 0.4) is 0 Å². The van der Waals surface area contributed by atoms with Crippen molar-refractivity contribution < 1.29 is 5.11 Å². The van der Waals surface area contributed by atoms with E-state index in [0.29, 0.717) is 12.1 Å². The third-order valence-corrected chi connectivity index (χ3v) is 4.64. The minimum absolute atomic E-state index is 0.256. The van der Waals surface area contributed by atoms with Crippen LogP contribution in [0.5, 0.6) is 0 Å². The number of nitrogens with one attached hydrogen (secondary N) is 2. The van der Waals surface area contributed by atoms with E-state index in [9.17, 15) is 5.11 Å². The summed E-state index contributed by atoms with van der Waals surface area (Å²) in [5, 5.41) is 16.8. The van der Waals surface area contributed by atoms with Gasteiger partial charge in [0.2, 0.25) is 0 Å². The summed E-state index contributed by atoms with van der Waals surface area (Å²) in [7, 11) is 0. The Labute approximate surface area is 91.6 Å². The molecule has 2 saturated heterocycles. The standard InChI is InChI=1S/C12H22N2O/c15-10-6-5-9-4-3-8-2-1-7-13-11(8)12(9)14-10/h8-15H,1-7H2. The molecule has 1 aliphatic carbocycles. The molecule has 3 N–H and O–H groups in total. The van der Waals surface area contributed by atoms with Gasteiger partial charge in [0.15, 0.2) is 0 Å². The van der Waals surface area contributed by atoms with Crippen molar-refractivity contribution in [2.45, 2.75) is 56.8 Å². The lowest BCUT2D eigenvalue weighted by Gasteiger charge is -2.49. The molecule has 3 fully saturated rings. The van der Waals surface area contributed by atoms with Crippen molar-refractivity contribution in [2.24, 2.45) is 11.8 Å². The molecule has 86 valence electrons. The lowest BCUT2D eigenvalue weighted by atomic mass is 9.69. The van der Waals surface area contributed by atoms with Crippen LogP contribution in [-0.2, 0) is 0 Å². The van der Waals surface area contributed by atoms with E-state index in [1.165, 1.54) is 38.6 Å². The highest BCUT2D eigenvalue weighted by atomic mass is 16.3. The summed E-state index contributed by atoms with van der Waals surface area (Å²) in [6.07, 6.45) is 7.39. The molecule has 3 aliphatic rings. The molecule has 0 aromatic rings. The van der Waals surface area contributed by atoms with Crippen LogP contribution in [0.2, 0.25) is 0 Å². The molecule has 3 nitrogen and oxygen atoms in total. The van der Waals surface area contributed by atoms with Gasteiger partial charge < -0.3 is 10.4 Å². The predicted molar refractivity (Wildman–Crippen MR) is 59.4 cm³/mol. The first-order chi connectivity index (χ1) is 7.34. The van der Waals surface area contributed by atoms with Gasteiger partial charge in [-0.3, -0.25) is 5.32 Å². The van der Waals surface area contributed by atoms with Gasteiger partial charge in [-0.05, 0) is 56.9 Å². The average Bonchev–Trinajstić information content (AvgIpc) is 2.29. The summed E-state index contributed by atoms with van der Waals surface area (Å²) >= 11 is 0. The molecule has 2 aliphatic heterocycles. The molecule has 2 heterocycles. The second-order valence-corrected chi connectivity index (χ2v) is 5.51. The first kappa shape index (κ1) is 10.1. The lowest BCUT2D eigenvalue weighted by molar-refractivity contribution is 0.00887. The molecule has 3 heteroatoms. The molecule has 0 aromatic carbocycles. The Bertz CT molecular complexity index is 234. The summed E-state index contributed by atoms with van der Waals surface area (Å²) in [5.41, 5.74) is 0. The molecular formula is C12H22N2O. The number of rotatable bonds is 0. The van der Waals surface area contributed by atoms with Crippen molar-refractivity contribution in [3.63, 3.8) is 0 Å². The van der Waals surface area contributed by atoms with Gasteiger partial charge in [-0.2, -0.15) is 0 Å². The highest BCUT2D eigenvalue weighted by Gasteiger charge is 2.42. The average molecular weight is 210 g/mol. The minimum Gasteiger partial charge on any atom is -0.379 e. The van der Waals surface area contributed by atoms with Crippen LogP contribution in [0, 0.1) is 11.8 Å². The normalized spacial score (nSPS) is 50.6. The van der Waals surface area contributed by atoms with Crippen LogP contribution in [0.4, 0.5) is 0 Å². The van der Waals surface area contributed by atoms with E-state index in [-0.39, 0.29) is 6.23 Å². The van der Waals surface area contributed by atoms with Gasteiger partial charge in [-0.15, -0.1) is 0 Å². The highest BCUT2D eigenvalue weighted by Crippen LogP contribution is 2.38. The van der Waals surface area contributed by atoms with E-state index in [2.05, 4.69) is 10.6 Å². The molecular weight excluding hydrogens is 188 g/mol. The Morgan fingerprint density at radius 2 is 1.60 bits per heavy atom. The van der Waals surface area contributed by atoms with E-state index in [0.717, 1.165) is 18.3 Å². The van der Waals surface area contributed by atoms with E-state index in [1.54, 1.807) is 0 Å². The third-order valence-electron chi connectivity index (χ3n) is 4.64. The second-order valence-electron chi connectivity index (χ2n) is 5.51. The van der Waals surface area contributed by atoms with Gasteiger partial charge in [0.05, 0.1) is 0 Å². The highest BCUT2D eigenvalue weighted by molar-refractivity contribution is 5.00. The summed E-state index contributed by atoms with van der Waals surface area (Å²) in [6.45, 7) is 1.17. The van der Waals surface area contributed by atoms with Crippen LogP contribution in [0.25, 0.3) is 0 Å². The fraction of sp³-hybridized carbons (Fsp3) is 1.00. The summed E-state index contributed by atoms with van der Waals surface area (Å²) in [6, 6.07) is 1.17. The van der Waals surface area contributed by atoms with E-state index in [1.807, 2.05) is 0 Å². The van der Waals surface area contributed by atoms with Crippen LogP contribution in [0.15, 0.2) is 0 Å². The van der Waals surface area contributed by atoms with Crippen molar-refractivity contribution in [1.82, 2.24) is 10.6 Å². The quantitative estimate of drug-likeness (QED) is 0.555. The molecule has 1 saturated carbocycles. The Kier molecular flexibility index (Phi) is 2.71. The molecule has 0 bridgehead atoms. The molecule has 0 radical (unpaired) electrons. The molecule has 5 atom stereocenters. The van der Waals surface area contributed by atoms with Crippen molar-refractivity contribution in [3.05, 3.63) is 0 Å².